The van der Waals surface area contributed by atoms with Crippen molar-refractivity contribution < 1.29 is 9.59 Å². The van der Waals surface area contributed by atoms with E-state index >= 15 is 0 Å². The van der Waals surface area contributed by atoms with Gasteiger partial charge in [-0.05, 0) is 13.3 Å². The molecule has 1 rings (SSSR count). The highest BCUT2D eigenvalue weighted by Gasteiger charge is 2.31. The normalized spacial score (nSPS) is 22.3. The van der Waals surface area contributed by atoms with Crippen molar-refractivity contribution in [2.24, 2.45) is 17.4 Å². The molecule has 0 aromatic rings. The maximum atomic E-state index is 11.6. The summed E-state index contributed by atoms with van der Waals surface area (Å²) in [6.07, 6.45) is 3.39. The smallest absolute Gasteiger partial charge is 0.235 e. The van der Waals surface area contributed by atoms with E-state index in [4.69, 9.17) is 16.9 Å². The highest BCUT2D eigenvalue weighted by atomic mass is 16.2. The minimum Gasteiger partial charge on any atom is -0.403 e. The second-order valence-electron chi connectivity index (χ2n) is 3.74. The van der Waals surface area contributed by atoms with Crippen LogP contribution in [0.15, 0.2) is 23.5 Å². The number of hydrogen-bond donors (Lipinski definition) is 4. The Bertz CT molecular complexity index is 423. The van der Waals surface area contributed by atoms with Crippen LogP contribution in [-0.2, 0) is 9.59 Å². The van der Waals surface area contributed by atoms with Gasteiger partial charge in [0, 0.05) is 18.2 Å². The van der Waals surface area contributed by atoms with Crippen molar-refractivity contribution in [2.75, 3.05) is 0 Å². The van der Waals surface area contributed by atoms with Crippen LogP contribution in [0, 0.1) is 11.3 Å². The number of amides is 2. The summed E-state index contributed by atoms with van der Waals surface area (Å²) in [6.45, 7) is 1.71. The van der Waals surface area contributed by atoms with Gasteiger partial charge < -0.3 is 16.9 Å². The van der Waals surface area contributed by atoms with Gasteiger partial charge in [-0.3, -0.25) is 14.9 Å². The first kappa shape index (κ1) is 13.0. The second kappa shape index (κ2) is 5.29. The van der Waals surface area contributed by atoms with E-state index in [2.05, 4.69) is 5.32 Å². The van der Waals surface area contributed by atoms with E-state index in [1.807, 2.05) is 0 Å². The maximum absolute atomic E-state index is 11.6. The number of imide groups is 1. The van der Waals surface area contributed by atoms with Crippen LogP contribution < -0.4 is 16.8 Å². The number of nitrogens with two attached hydrogens (primary N) is 2. The average Bonchev–Trinajstić information content (AvgIpc) is 2.29. The van der Waals surface area contributed by atoms with E-state index in [0.29, 0.717) is 12.0 Å². The topological polar surface area (TPSA) is 122 Å². The largest absolute Gasteiger partial charge is 0.403 e. The molecule has 1 unspecified atom stereocenters. The predicted octanol–water partition coefficient (Wildman–Crippen LogP) is -0.236. The van der Waals surface area contributed by atoms with E-state index in [0.717, 1.165) is 0 Å². The van der Waals surface area contributed by atoms with Crippen LogP contribution in [0.2, 0.25) is 0 Å². The van der Waals surface area contributed by atoms with E-state index in [1.54, 1.807) is 13.0 Å². The highest BCUT2D eigenvalue weighted by Crippen LogP contribution is 2.20. The van der Waals surface area contributed by atoms with Crippen molar-refractivity contribution in [1.82, 2.24) is 5.32 Å². The first-order valence-corrected chi connectivity index (χ1v) is 5.27. The van der Waals surface area contributed by atoms with E-state index in [-0.39, 0.29) is 23.7 Å². The molecule has 0 aromatic carbocycles. The van der Waals surface area contributed by atoms with Gasteiger partial charge in [0.05, 0.1) is 17.3 Å². The van der Waals surface area contributed by atoms with Crippen LogP contribution in [0.25, 0.3) is 0 Å². The summed E-state index contributed by atoms with van der Waals surface area (Å²) in [5.74, 6) is -1.39. The van der Waals surface area contributed by atoms with Gasteiger partial charge in [0.2, 0.25) is 11.8 Å². The molecule has 92 valence electrons. The minimum absolute atomic E-state index is 0.0942. The Morgan fingerprint density at radius 1 is 1.53 bits per heavy atom. The number of allylic oxidation sites excluding steroid dienone is 2. The third kappa shape index (κ3) is 2.72. The summed E-state index contributed by atoms with van der Waals surface area (Å²) in [5, 5.41) is 10.2. The number of rotatable bonds is 3. The first-order chi connectivity index (χ1) is 8.01. The summed E-state index contributed by atoms with van der Waals surface area (Å²) in [7, 11) is 0. The third-order valence-corrected chi connectivity index (χ3v) is 2.66. The fourth-order valence-electron chi connectivity index (χ4n) is 1.72. The van der Waals surface area contributed by atoms with E-state index in [1.165, 1.54) is 6.20 Å². The molecule has 0 bridgehead atoms. The zero-order valence-electron chi connectivity index (χ0n) is 9.62. The molecule has 6 nitrogen and oxygen atoms in total. The Hall–Kier alpha value is -2.11. The summed E-state index contributed by atoms with van der Waals surface area (Å²) in [6, 6.07) is 0. The summed E-state index contributed by atoms with van der Waals surface area (Å²) >= 11 is 0. The van der Waals surface area contributed by atoms with Gasteiger partial charge >= 0.3 is 0 Å². The maximum Gasteiger partial charge on any atom is 0.235 e. The summed E-state index contributed by atoms with van der Waals surface area (Å²) in [5.41, 5.74) is 11.7. The van der Waals surface area contributed by atoms with Gasteiger partial charge in [-0.1, -0.05) is 6.08 Å². The molecule has 1 aliphatic heterocycles. The summed E-state index contributed by atoms with van der Waals surface area (Å²) in [4.78, 5) is 22.6. The monoisotopic (exact) mass is 236 g/mol. The standard InChI is InChI=1S/C11H16N4O2/c1-2-6(8(13)5-12)10(14)7-3-4-9(16)15-11(7)17/h2,5,7,14H,3-4,12-13H2,1H3,(H,15,16,17)/b6-2+,8-5+,14-10?. The number of carbonyl (C=O) groups excluding carboxylic acids is 2. The molecule has 6 heteroatoms. The fourth-order valence-corrected chi connectivity index (χ4v) is 1.72. The van der Waals surface area contributed by atoms with Crippen LogP contribution in [0.5, 0.6) is 0 Å². The van der Waals surface area contributed by atoms with Gasteiger partial charge in [0.1, 0.15) is 0 Å². The number of nitrogens with one attached hydrogen (secondary N) is 2. The Morgan fingerprint density at radius 3 is 2.65 bits per heavy atom. The zero-order chi connectivity index (χ0) is 13.0. The van der Waals surface area contributed by atoms with Gasteiger partial charge in [-0.25, -0.2) is 0 Å². The zero-order valence-corrected chi connectivity index (χ0v) is 9.62. The number of hydrogen-bond acceptors (Lipinski definition) is 5. The van der Waals surface area contributed by atoms with Crippen molar-refractivity contribution in [1.29, 1.82) is 5.41 Å². The van der Waals surface area contributed by atoms with Gasteiger partial charge in [-0.15, -0.1) is 0 Å². The van der Waals surface area contributed by atoms with Crippen LogP contribution in [0.3, 0.4) is 0 Å². The first-order valence-electron chi connectivity index (χ1n) is 5.27. The molecule has 0 aliphatic carbocycles. The molecular weight excluding hydrogens is 220 g/mol. The van der Waals surface area contributed by atoms with E-state index < -0.39 is 11.8 Å². The Balaban J connectivity index is 2.90. The lowest BCUT2D eigenvalue weighted by molar-refractivity contribution is -0.134. The summed E-state index contributed by atoms with van der Waals surface area (Å²) < 4.78 is 0. The lowest BCUT2D eigenvalue weighted by Gasteiger charge is -2.22. The van der Waals surface area contributed by atoms with Crippen LogP contribution >= 0.6 is 0 Å². The molecule has 0 spiro atoms. The van der Waals surface area contributed by atoms with E-state index in [9.17, 15) is 9.59 Å². The van der Waals surface area contributed by atoms with Crippen LogP contribution in [0.4, 0.5) is 0 Å². The Morgan fingerprint density at radius 2 is 2.18 bits per heavy atom. The Kier molecular flexibility index (Phi) is 4.03. The molecule has 1 saturated heterocycles. The molecule has 1 aliphatic rings. The number of piperidine rings is 1. The SMILES string of the molecule is C/C=C(C(=N)C1CCC(=O)NC1=O)\C(N)=C/N. The second-order valence-corrected chi connectivity index (χ2v) is 3.74. The lowest BCUT2D eigenvalue weighted by Crippen LogP contribution is -2.44. The third-order valence-electron chi connectivity index (χ3n) is 2.66. The molecule has 1 atom stereocenters. The van der Waals surface area contributed by atoms with Crippen molar-refractivity contribution in [2.45, 2.75) is 19.8 Å². The van der Waals surface area contributed by atoms with Crippen LogP contribution in [-0.4, -0.2) is 17.5 Å². The average molecular weight is 236 g/mol. The Labute approximate surface area is 99.2 Å². The van der Waals surface area contributed by atoms with Crippen molar-refractivity contribution >= 4 is 17.5 Å². The number of carbonyl (C=O) groups is 2. The molecule has 0 radical (unpaired) electrons. The minimum atomic E-state index is -0.641. The molecule has 0 aromatic heterocycles. The molecule has 1 heterocycles. The van der Waals surface area contributed by atoms with Crippen molar-refractivity contribution in [3.8, 4) is 0 Å². The molecule has 2 amide bonds. The van der Waals surface area contributed by atoms with Crippen molar-refractivity contribution in [3.63, 3.8) is 0 Å². The molecule has 6 N–H and O–H groups in total. The van der Waals surface area contributed by atoms with Gasteiger partial charge in [-0.2, -0.15) is 0 Å². The fraction of sp³-hybridized carbons (Fsp3) is 0.364. The van der Waals surface area contributed by atoms with Gasteiger partial charge in [0.25, 0.3) is 0 Å². The predicted molar refractivity (Wildman–Crippen MR) is 63.8 cm³/mol. The molecular formula is C11H16N4O2. The molecule has 17 heavy (non-hydrogen) atoms. The highest BCUT2D eigenvalue weighted by molar-refractivity contribution is 6.17. The molecule has 1 fully saturated rings. The quantitative estimate of drug-likeness (QED) is 0.307. The van der Waals surface area contributed by atoms with Crippen molar-refractivity contribution in [3.05, 3.63) is 23.5 Å². The van der Waals surface area contributed by atoms with Gasteiger partial charge in [0.15, 0.2) is 0 Å². The lowest BCUT2D eigenvalue weighted by atomic mass is 9.88. The molecule has 0 saturated carbocycles. The van der Waals surface area contributed by atoms with Crippen LogP contribution in [0.1, 0.15) is 19.8 Å².